The van der Waals surface area contributed by atoms with E-state index >= 15 is 0 Å². The molecule has 0 aliphatic heterocycles. The smallest absolute Gasteiger partial charge is 0.354 e. The van der Waals surface area contributed by atoms with Gasteiger partial charge in [-0.25, -0.2) is 4.79 Å². The fourth-order valence-corrected chi connectivity index (χ4v) is 2.18. The van der Waals surface area contributed by atoms with E-state index in [2.05, 4.69) is 5.32 Å². The Morgan fingerprint density at radius 2 is 1.72 bits per heavy atom. The van der Waals surface area contributed by atoms with Gasteiger partial charge in [0.15, 0.2) is 0 Å². The number of carbonyl (C=O) groups excluding carboxylic acids is 2. The molecule has 5 nitrogen and oxygen atoms in total. The molecule has 5 heteroatoms. The van der Waals surface area contributed by atoms with Crippen LogP contribution in [0.5, 0.6) is 5.75 Å². The topological polar surface area (TPSA) is 64.6 Å². The van der Waals surface area contributed by atoms with Crippen LogP contribution in [0.1, 0.15) is 18.1 Å². The van der Waals surface area contributed by atoms with Gasteiger partial charge in [0.2, 0.25) is 5.91 Å². The second-order valence-corrected chi connectivity index (χ2v) is 5.38. The van der Waals surface area contributed by atoms with Gasteiger partial charge >= 0.3 is 5.97 Å². The Labute approximate surface area is 147 Å². The monoisotopic (exact) mass is 339 g/mol. The van der Waals surface area contributed by atoms with Crippen LogP contribution in [0.4, 0.5) is 0 Å². The number of rotatable bonds is 7. The molecule has 0 aliphatic carbocycles. The molecule has 0 aliphatic rings. The number of ether oxygens (including phenoxy) is 2. The molecule has 0 radical (unpaired) electrons. The fourth-order valence-electron chi connectivity index (χ4n) is 2.18. The zero-order valence-corrected chi connectivity index (χ0v) is 14.3. The summed E-state index contributed by atoms with van der Waals surface area (Å²) in [6.07, 6.45) is 2.17. The molecule has 0 spiro atoms. The minimum atomic E-state index is -0.562. The van der Waals surface area contributed by atoms with Gasteiger partial charge in [0, 0.05) is 13.3 Å². The van der Waals surface area contributed by atoms with Crippen molar-refractivity contribution in [1.82, 2.24) is 5.32 Å². The molecule has 0 fully saturated rings. The van der Waals surface area contributed by atoms with E-state index in [4.69, 9.17) is 9.47 Å². The first-order valence-corrected chi connectivity index (χ1v) is 7.93. The lowest BCUT2D eigenvalue weighted by Gasteiger charge is -2.09. The van der Waals surface area contributed by atoms with Gasteiger partial charge in [0.25, 0.3) is 0 Å². The molecule has 0 bridgehead atoms. The number of carbonyl (C=O) groups is 2. The van der Waals surface area contributed by atoms with E-state index in [1.54, 1.807) is 13.2 Å². The molecule has 130 valence electrons. The van der Waals surface area contributed by atoms with Gasteiger partial charge in [-0.15, -0.1) is 0 Å². The highest BCUT2D eigenvalue weighted by Gasteiger charge is 2.12. The SMILES string of the molecule is COc1ccc(CCOC(=O)C(=Cc2ccccc2)NC(C)=O)cc1. The van der Waals surface area contributed by atoms with Crippen molar-refractivity contribution >= 4 is 18.0 Å². The number of nitrogens with one attached hydrogen (secondary N) is 1. The first-order chi connectivity index (χ1) is 12.1. The highest BCUT2D eigenvalue weighted by molar-refractivity contribution is 5.97. The van der Waals surface area contributed by atoms with Crippen molar-refractivity contribution in [3.05, 3.63) is 71.4 Å². The summed E-state index contributed by atoms with van der Waals surface area (Å²) in [4.78, 5) is 23.6. The first kappa shape index (κ1) is 18.3. The summed E-state index contributed by atoms with van der Waals surface area (Å²) in [5, 5.41) is 2.52. The molecule has 2 aromatic rings. The predicted molar refractivity (Wildman–Crippen MR) is 95.9 cm³/mol. The normalized spacial score (nSPS) is 10.9. The maximum atomic E-state index is 12.2. The van der Waals surface area contributed by atoms with Crippen LogP contribution >= 0.6 is 0 Å². The van der Waals surface area contributed by atoms with E-state index in [-0.39, 0.29) is 18.2 Å². The number of methoxy groups -OCH3 is 1. The average molecular weight is 339 g/mol. The van der Waals surface area contributed by atoms with Gasteiger partial charge < -0.3 is 14.8 Å². The third-order valence-corrected chi connectivity index (χ3v) is 3.42. The summed E-state index contributed by atoms with van der Waals surface area (Å²) in [7, 11) is 1.61. The van der Waals surface area contributed by atoms with Crippen molar-refractivity contribution in [2.24, 2.45) is 0 Å². The molecular weight excluding hydrogens is 318 g/mol. The highest BCUT2D eigenvalue weighted by atomic mass is 16.5. The van der Waals surface area contributed by atoms with Crippen LogP contribution in [-0.4, -0.2) is 25.6 Å². The molecule has 1 amide bonds. The van der Waals surface area contributed by atoms with E-state index in [0.717, 1.165) is 16.9 Å². The van der Waals surface area contributed by atoms with E-state index in [0.29, 0.717) is 6.42 Å². The van der Waals surface area contributed by atoms with Crippen molar-refractivity contribution in [2.45, 2.75) is 13.3 Å². The van der Waals surface area contributed by atoms with Crippen LogP contribution in [0.2, 0.25) is 0 Å². The molecule has 2 aromatic carbocycles. The minimum absolute atomic E-state index is 0.119. The number of hydrogen-bond donors (Lipinski definition) is 1. The fraction of sp³-hybridized carbons (Fsp3) is 0.200. The van der Waals surface area contributed by atoms with Gasteiger partial charge in [-0.05, 0) is 29.3 Å². The zero-order valence-electron chi connectivity index (χ0n) is 14.3. The molecule has 0 saturated heterocycles. The summed E-state index contributed by atoms with van der Waals surface area (Å²) < 4.78 is 10.4. The van der Waals surface area contributed by atoms with Crippen LogP contribution in [0.25, 0.3) is 6.08 Å². The van der Waals surface area contributed by atoms with Gasteiger partial charge in [-0.1, -0.05) is 42.5 Å². The average Bonchev–Trinajstić information content (AvgIpc) is 2.62. The highest BCUT2D eigenvalue weighted by Crippen LogP contribution is 2.12. The summed E-state index contributed by atoms with van der Waals surface area (Å²) in [5.41, 5.74) is 1.95. The quantitative estimate of drug-likeness (QED) is 0.622. The van der Waals surface area contributed by atoms with Crippen LogP contribution in [0, 0.1) is 0 Å². The number of amides is 1. The third kappa shape index (κ3) is 6.14. The molecule has 0 atom stereocenters. The Morgan fingerprint density at radius 1 is 1.04 bits per heavy atom. The van der Waals surface area contributed by atoms with Gasteiger partial charge in [-0.3, -0.25) is 4.79 Å². The minimum Gasteiger partial charge on any atom is -0.497 e. The third-order valence-electron chi connectivity index (χ3n) is 3.42. The predicted octanol–water partition coefficient (Wildman–Crippen LogP) is 2.96. The van der Waals surface area contributed by atoms with E-state index in [1.807, 2.05) is 54.6 Å². The van der Waals surface area contributed by atoms with Gasteiger partial charge in [0.05, 0.1) is 13.7 Å². The summed E-state index contributed by atoms with van der Waals surface area (Å²) in [6.45, 7) is 1.57. The van der Waals surface area contributed by atoms with Crippen molar-refractivity contribution in [2.75, 3.05) is 13.7 Å². The van der Waals surface area contributed by atoms with Crippen molar-refractivity contribution in [3.8, 4) is 5.75 Å². The van der Waals surface area contributed by atoms with Crippen molar-refractivity contribution < 1.29 is 19.1 Å². The van der Waals surface area contributed by atoms with E-state index < -0.39 is 5.97 Å². The molecule has 2 rings (SSSR count). The van der Waals surface area contributed by atoms with E-state index in [1.165, 1.54) is 6.92 Å². The lowest BCUT2D eigenvalue weighted by atomic mass is 10.1. The molecule has 0 unspecified atom stereocenters. The van der Waals surface area contributed by atoms with Crippen molar-refractivity contribution in [3.63, 3.8) is 0 Å². The lowest BCUT2D eigenvalue weighted by Crippen LogP contribution is -2.26. The van der Waals surface area contributed by atoms with Crippen LogP contribution in [0.15, 0.2) is 60.3 Å². The number of benzene rings is 2. The summed E-state index contributed by atoms with van der Waals surface area (Å²) in [6, 6.07) is 16.8. The molecule has 0 heterocycles. The Kier molecular flexibility index (Phi) is 6.77. The van der Waals surface area contributed by atoms with Crippen LogP contribution in [0.3, 0.4) is 0 Å². The maximum Gasteiger partial charge on any atom is 0.354 e. The Balaban J connectivity index is 1.96. The van der Waals surface area contributed by atoms with Gasteiger partial charge in [0.1, 0.15) is 11.4 Å². The first-order valence-electron chi connectivity index (χ1n) is 7.93. The second kappa shape index (κ2) is 9.27. The van der Waals surface area contributed by atoms with Crippen LogP contribution < -0.4 is 10.1 Å². The molecule has 0 aromatic heterocycles. The Morgan fingerprint density at radius 3 is 2.32 bits per heavy atom. The largest absolute Gasteiger partial charge is 0.497 e. The maximum absolute atomic E-state index is 12.2. The van der Waals surface area contributed by atoms with Gasteiger partial charge in [-0.2, -0.15) is 0 Å². The zero-order chi connectivity index (χ0) is 18.1. The standard InChI is InChI=1S/C20H21NO4/c1-15(22)21-19(14-17-6-4-3-5-7-17)20(23)25-13-12-16-8-10-18(24-2)11-9-16/h3-11,14H,12-13H2,1-2H3,(H,21,22). The van der Waals surface area contributed by atoms with Crippen LogP contribution in [-0.2, 0) is 20.7 Å². The molecule has 0 saturated carbocycles. The molecule has 1 N–H and O–H groups in total. The Hall–Kier alpha value is -3.08. The summed E-state index contributed by atoms with van der Waals surface area (Å²) in [5.74, 6) is -0.110. The van der Waals surface area contributed by atoms with Crippen molar-refractivity contribution in [1.29, 1.82) is 0 Å². The van der Waals surface area contributed by atoms with E-state index in [9.17, 15) is 9.59 Å². The number of esters is 1. The lowest BCUT2D eigenvalue weighted by molar-refractivity contribution is -0.140. The molecular formula is C20H21NO4. The second-order valence-electron chi connectivity index (χ2n) is 5.38. The Bertz CT molecular complexity index is 736. The molecule has 25 heavy (non-hydrogen) atoms. The number of hydrogen-bond acceptors (Lipinski definition) is 4. The summed E-state index contributed by atoms with van der Waals surface area (Å²) >= 11 is 0.